The molecule has 0 aromatic heterocycles. The van der Waals surface area contributed by atoms with Crippen molar-refractivity contribution in [2.45, 2.75) is 9.79 Å². The van der Waals surface area contributed by atoms with E-state index in [2.05, 4.69) is 11.5 Å². The van der Waals surface area contributed by atoms with E-state index in [-0.39, 0.29) is 21.3 Å². The number of phenolic OH excluding ortho intramolecular Hbond substituents is 2. The topological polar surface area (TPSA) is 210 Å². The van der Waals surface area contributed by atoms with Crippen molar-refractivity contribution in [1.82, 2.24) is 0 Å². The molecule has 0 unspecified atom stereocenters. The zero-order valence-corrected chi connectivity index (χ0v) is 17.1. The summed E-state index contributed by atoms with van der Waals surface area (Å²) in [5.74, 6) is -0.144. The predicted octanol–water partition coefficient (Wildman–Crippen LogP) is 0.0260. The van der Waals surface area contributed by atoms with Crippen LogP contribution in [-0.2, 0) is 20.2 Å². The summed E-state index contributed by atoms with van der Waals surface area (Å²) >= 11 is 0. The Morgan fingerprint density at radius 1 is 0.533 bits per heavy atom. The summed E-state index contributed by atoms with van der Waals surface area (Å²) in [5.41, 5.74) is 9.55. The molecule has 0 atom stereocenters. The average Bonchev–Trinajstić information content (AvgIpc) is 2.64. The van der Waals surface area contributed by atoms with E-state index < -0.39 is 20.2 Å². The lowest BCUT2D eigenvalue weighted by molar-refractivity contribution is -0.260. The highest BCUT2D eigenvalue weighted by atomic mass is 32.2. The summed E-state index contributed by atoms with van der Waals surface area (Å²) in [6.45, 7) is 0. The molecule has 30 heavy (non-hydrogen) atoms. The molecular weight excluding hydrogens is 436 g/mol. The van der Waals surface area contributed by atoms with Gasteiger partial charge in [-0.15, -0.1) is 0 Å². The van der Waals surface area contributed by atoms with Gasteiger partial charge >= 0.3 is 0 Å². The standard InChI is InChI=1S/C6H8N2.2C6H6O4S/c7-5-1-2-6(8)4-3-5;2*7-5-1-3-6(4-2-5)11(8,9)10/h1-4H,7-8H2;2*1-4,7H,(H,8,9,10). The molecule has 0 aliphatic rings. The van der Waals surface area contributed by atoms with E-state index in [9.17, 15) is 25.9 Å². The van der Waals surface area contributed by atoms with Crippen molar-refractivity contribution in [2.24, 2.45) is 0 Å². The van der Waals surface area contributed by atoms with Gasteiger partial charge in [-0.05, 0) is 48.5 Å². The van der Waals surface area contributed by atoms with E-state index >= 15 is 0 Å². The molecule has 10 nitrogen and oxygen atoms in total. The number of rotatable bonds is 2. The highest BCUT2D eigenvalue weighted by molar-refractivity contribution is 7.86. The minimum atomic E-state index is -4.38. The SMILES string of the molecule is O=S(=O)([O-])c1ccc(O)cc1.O=S(=O)([O-])c1ccc(O)cc1.[NH3+]c1ccc([NH3+])cc1. The number of benzene rings is 3. The lowest BCUT2D eigenvalue weighted by Gasteiger charge is -2.05. The molecule has 0 amide bonds. The van der Waals surface area contributed by atoms with Crippen molar-refractivity contribution in [3.8, 4) is 11.5 Å². The third-order valence-electron chi connectivity index (χ3n) is 3.27. The number of hydrogen-bond acceptors (Lipinski definition) is 8. The van der Waals surface area contributed by atoms with Crippen LogP contribution in [0.1, 0.15) is 0 Å². The Morgan fingerprint density at radius 2 is 0.767 bits per heavy atom. The van der Waals surface area contributed by atoms with Crippen LogP contribution in [0.25, 0.3) is 0 Å². The van der Waals surface area contributed by atoms with E-state index in [0.29, 0.717) is 0 Å². The van der Waals surface area contributed by atoms with Gasteiger partial charge in [-0.2, -0.15) is 0 Å². The molecule has 3 aromatic rings. The van der Waals surface area contributed by atoms with Crippen molar-refractivity contribution < 1.29 is 47.6 Å². The summed E-state index contributed by atoms with van der Waals surface area (Å²) in [6, 6.07) is 16.6. The van der Waals surface area contributed by atoms with E-state index in [0.717, 1.165) is 59.9 Å². The van der Waals surface area contributed by atoms with Crippen LogP contribution in [0, 0.1) is 0 Å². The Morgan fingerprint density at radius 3 is 0.967 bits per heavy atom. The summed E-state index contributed by atoms with van der Waals surface area (Å²) < 4.78 is 61.8. The minimum absolute atomic E-state index is 0.0719. The summed E-state index contributed by atoms with van der Waals surface area (Å²) in [7, 11) is -8.76. The predicted molar refractivity (Wildman–Crippen MR) is 104 cm³/mol. The Labute approximate surface area is 173 Å². The molecule has 0 bridgehead atoms. The number of aromatic hydroxyl groups is 2. The normalized spacial score (nSPS) is 10.8. The minimum Gasteiger partial charge on any atom is -0.744 e. The molecule has 3 rings (SSSR count). The van der Waals surface area contributed by atoms with Crippen LogP contribution < -0.4 is 11.5 Å². The highest BCUT2D eigenvalue weighted by Crippen LogP contribution is 2.14. The van der Waals surface area contributed by atoms with Gasteiger partial charge in [-0.1, -0.05) is 0 Å². The molecule has 8 N–H and O–H groups in total. The quantitative estimate of drug-likeness (QED) is 0.385. The van der Waals surface area contributed by atoms with Gasteiger partial charge in [-0.25, -0.2) is 16.8 Å². The monoisotopic (exact) mass is 456 g/mol. The summed E-state index contributed by atoms with van der Waals surface area (Å²) in [6.07, 6.45) is 0. The van der Waals surface area contributed by atoms with Gasteiger partial charge in [0.1, 0.15) is 43.1 Å². The van der Waals surface area contributed by atoms with Crippen LogP contribution in [0.2, 0.25) is 0 Å². The molecule has 3 aromatic carbocycles. The van der Waals surface area contributed by atoms with Crippen LogP contribution in [0.4, 0.5) is 11.4 Å². The second kappa shape index (κ2) is 10.7. The molecule has 0 spiro atoms. The first-order valence-electron chi connectivity index (χ1n) is 8.03. The highest BCUT2D eigenvalue weighted by Gasteiger charge is 1.99. The fraction of sp³-hybridized carbons (Fsp3) is 0. The van der Waals surface area contributed by atoms with Crippen molar-refractivity contribution in [3.05, 3.63) is 72.8 Å². The van der Waals surface area contributed by atoms with Crippen LogP contribution >= 0.6 is 0 Å². The number of hydrogen-bond donors (Lipinski definition) is 4. The molecule has 12 heteroatoms. The molecule has 0 saturated carbocycles. The zero-order chi connectivity index (χ0) is 22.9. The Bertz CT molecular complexity index is 1050. The Balaban J connectivity index is 0.000000228. The Hall–Kier alpha value is -3.00. The van der Waals surface area contributed by atoms with E-state index in [1.54, 1.807) is 0 Å². The molecule has 0 saturated heterocycles. The van der Waals surface area contributed by atoms with E-state index in [1.165, 1.54) is 0 Å². The van der Waals surface area contributed by atoms with Gasteiger partial charge in [0.15, 0.2) is 0 Å². The smallest absolute Gasteiger partial charge is 0.128 e. The molecular formula is C18H20N2O8S2. The first-order valence-corrected chi connectivity index (χ1v) is 10.8. The maximum absolute atomic E-state index is 10.3. The molecule has 0 aliphatic carbocycles. The maximum atomic E-state index is 10.3. The van der Waals surface area contributed by atoms with Gasteiger partial charge in [0.05, 0.1) is 9.79 Å². The number of quaternary nitrogens is 2. The molecule has 0 aliphatic heterocycles. The van der Waals surface area contributed by atoms with Crippen molar-refractivity contribution in [3.63, 3.8) is 0 Å². The van der Waals surface area contributed by atoms with Gasteiger partial charge in [-0.3, -0.25) is 0 Å². The van der Waals surface area contributed by atoms with Crippen molar-refractivity contribution in [1.29, 1.82) is 0 Å². The molecule has 0 radical (unpaired) electrons. The molecule has 0 heterocycles. The second-order valence-corrected chi connectivity index (χ2v) is 8.47. The van der Waals surface area contributed by atoms with Gasteiger partial charge in [0.25, 0.3) is 0 Å². The van der Waals surface area contributed by atoms with Crippen molar-refractivity contribution >= 4 is 31.6 Å². The lowest BCUT2D eigenvalue weighted by Crippen LogP contribution is -2.42. The second-order valence-electron chi connectivity index (χ2n) is 5.71. The zero-order valence-electron chi connectivity index (χ0n) is 15.5. The first-order chi connectivity index (χ1) is 13.8. The lowest BCUT2D eigenvalue weighted by atomic mass is 10.3. The van der Waals surface area contributed by atoms with Gasteiger partial charge < -0.3 is 30.8 Å². The average molecular weight is 456 g/mol. The summed E-state index contributed by atoms with van der Waals surface area (Å²) in [4.78, 5) is -0.675. The van der Waals surface area contributed by atoms with Crippen LogP contribution in [-0.4, -0.2) is 36.2 Å². The Kier molecular flexibility index (Phi) is 8.92. The molecule has 162 valence electrons. The largest absolute Gasteiger partial charge is 0.744 e. The van der Waals surface area contributed by atoms with E-state index in [4.69, 9.17) is 10.2 Å². The fourth-order valence-electron chi connectivity index (χ4n) is 1.76. The van der Waals surface area contributed by atoms with Gasteiger partial charge in [0, 0.05) is 24.3 Å². The van der Waals surface area contributed by atoms with Crippen molar-refractivity contribution in [2.75, 3.05) is 0 Å². The molecule has 0 fully saturated rings. The maximum Gasteiger partial charge on any atom is 0.128 e. The fourth-order valence-corrected chi connectivity index (χ4v) is 2.70. The third-order valence-corrected chi connectivity index (χ3v) is 4.97. The third kappa shape index (κ3) is 9.47. The van der Waals surface area contributed by atoms with Crippen LogP contribution in [0.5, 0.6) is 11.5 Å². The van der Waals surface area contributed by atoms with Crippen LogP contribution in [0.3, 0.4) is 0 Å². The van der Waals surface area contributed by atoms with Gasteiger partial charge in [0.2, 0.25) is 0 Å². The van der Waals surface area contributed by atoms with Crippen LogP contribution in [0.15, 0.2) is 82.6 Å². The first kappa shape index (κ1) is 25.0. The van der Waals surface area contributed by atoms with E-state index in [1.807, 2.05) is 24.3 Å². The summed E-state index contributed by atoms with van der Waals surface area (Å²) in [5, 5.41) is 17.5. The number of phenols is 2.